The summed E-state index contributed by atoms with van der Waals surface area (Å²) in [6.45, 7) is 0. The predicted molar refractivity (Wildman–Crippen MR) is 143 cm³/mol. The molecule has 0 unspecified atom stereocenters. The molecule has 1 aromatic heterocycles. The third kappa shape index (κ3) is 5.45. The van der Waals surface area contributed by atoms with Crippen molar-refractivity contribution < 1.29 is 9.53 Å². The summed E-state index contributed by atoms with van der Waals surface area (Å²) in [5, 5.41) is 4.94. The maximum absolute atomic E-state index is 13.1. The Kier molecular flexibility index (Phi) is 6.63. The minimum absolute atomic E-state index is 0.312. The zero-order chi connectivity index (χ0) is 24.0. The number of hydrogen-bond acceptors (Lipinski definition) is 4. The number of pyridine rings is 1. The maximum atomic E-state index is 13.1. The number of carbonyl (C=O) groups is 1. The van der Waals surface area contributed by atoms with Crippen LogP contribution >= 0.6 is 15.9 Å². The summed E-state index contributed by atoms with van der Waals surface area (Å²) in [4.78, 5) is 17.9. The minimum Gasteiger partial charge on any atom is -0.457 e. The number of rotatable bonds is 6. The first-order chi connectivity index (χ1) is 17.2. The highest BCUT2D eigenvalue weighted by molar-refractivity contribution is 9.10. The fourth-order valence-corrected chi connectivity index (χ4v) is 4.07. The number of ether oxygens (including phenoxy) is 1. The van der Waals surface area contributed by atoms with Crippen LogP contribution in [0.2, 0.25) is 0 Å². The Morgan fingerprint density at radius 2 is 1.60 bits per heavy atom. The standard InChI is InChI=1S/C29H20BrN3O2/c30-22-10-7-9-21(17-22)28-18-26(25-14-4-5-15-27(25)32-28)29(34)33-31-19-20-8-6-13-24(16-20)35-23-11-2-1-3-12-23/h1-19H,(H,33,34)/b31-19+. The number of nitrogens with zero attached hydrogens (tertiary/aromatic N) is 2. The van der Waals surface area contributed by atoms with Gasteiger partial charge in [-0.05, 0) is 54.1 Å². The molecule has 5 aromatic rings. The van der Waals surface area contributed by atoms with E-state index >= 15 is 0 Å². The lowest BCUT2D eigenvalue weighted by molar-refractivity contribution is 0.0956. The van der Waals surface area contributed by atoms with Gasteiger partial charge in [0.25, 0.3) is 5.91 Å². The summed E-state index contributed by atoms with van der Waals surface area (Å²) in [5.74, 6) is 1.12. The number of amides is 1. The Balaban J connectivity index is 1.38. The van der Waals surface area contributed by atoms with Gasteiger partial charge in [0.1, 0.15) is 11.5 Å². The zero-order valence-corrected chi connectivity index (χ0v) is 20.1. The molecule has 0 bridgehead atoms. The summed E-state index contributed by atoms with van der Waals surface area (Å²) in [6, 6.07) is 34.3. The van der Waals surface area contributed by atoms with E-state index in [0.29, 0.717) is 17.0 Å². The van der Waals surface area contributed by atoms with E-state index in [1.54, 1.807) is 12.3 Å². The molecule has 170 valence electrons. The van der Waals surface area contributed by atoms with Crippen LogP contribution in [0.3, 0.4) is 0 Å². The van der Waals surface area contributed by atoms with E-state index in [0.717, 1.165) is 32.3 Å². The van der Waals surface area contributed by atoms with E-state index in [-0.39, 0.29) is 5.91 Å². The van der Waals surface area contributed by atoms with Crippen LogP contribution in [0.1, 0.15) is 15.9 Å². The molecule has 0 radical (unpaired) electrons. The maximum Gasteiger partial charge on any atom is 0.272 e. The number of carbonyl (C=O) groups excluding carboxylic acids is 1. The van der Waals surface area contributed by atoms with Crippen molar-refractivity contribution in [3.8, 4) is 22.8 Å². The van der Waals surface area contributed by atoms with Crippen LogP contribution in [-0.4, -0.2) is 17.1 Å². The van der Waals surface area contributed by atoms with Gasteiger partial charge in [0.15, 0.2) is 0 Å². The molecule has 5 nitrogen and oxygen atoms in total. The molecule has 0 aliphatic heterocycles. The first-order valence-electron chi connectivity index (χ1n) is 11.0. The van der Waals surface area contributed by atoms with Gasteiger partial charge >= 0.3 is 0 Å². The Labute approximate surface area is 211 Å². The molecule has 1 amide bonds. The van der Waals surface area contributed by atoms with Crippen LogP contribution in [0.4, 0.5) is 0 Å². The van der Waals surface area contributed by atoms with Crippen LogP contribution in [0, 0.1) is 0 Å². The van der Waals surface area contributed by atoms with Gasteiger partial charge in [-0.15, -0.1) is 0 Å². The average Bonchev–Trinajstić information content (AvgIpc) is 2.89. The van der Waals surface area contributed by atoms with Crippen LogP contribution in [-0.2, 0) is 0 Å². The number of hydrogen-bond donors (Lipinski definition) is 1. The largest absolute Gasteiger partial charge is 0.457 e. The molecule has 5 rings (SSSR count). The summed E-state index contributed by atoms with van der Waals surface area (Å²) < 4.78 is 6.81. The van der Waals surface area contributed by atoms with Crippen LogP contribution in [0.25, 0.3) is 22.2 Å². The average molecular weight is 522 g/mol. The van der Waals surface area contributed by atoms with Crippen LogP contribution in [0.15, 0.2) is 119 Å². The Hall–Kier alpha value is -4.29. The number of aromatic nitrogens is 1. The highest BCUT2D eigenvalue weighted by Gasteiger charge is 2.13. The van der Waals surface area contributed by atoms with Crippen molar-refractivity contribution in [3.63, 3.8) is 0 Å². The van der Waals surface area contributed by atoms with Gasteiger partial charge in [0, 0.05) is 15.4 Å². The number of halogens is 1. The molecule has 0 aliphatic carbocycles. The van der Waals surface area contributed by atoms with Crippen molar-refractivity contribution in [1.82, 2.24) is 10.4 Å². The molecular weight excluding hydrogens is 502 g/mol. The van der Waals surface area contributed by atoms with Gasteiger partial charge in [-0.2, -0.15) is 5.10 Å². The quantitative estimate of drug-likeness (QED) is 0.189. The first kappa shape index (κ1) is 22.5. The Morgan fingerprint density at radius 1 is 0.829 bits per heavy atom. The predicted octanol–water partition coefficient (Wildman–Crippen LogP) is 7.22. The van der Waals surface area contributed by atoms with Gasteiger partial charge in [-0.3, -0.25) is 4.79 Å². The molecular formula is C29H20BrN3O2. The Morgan fingerprint density at radius 3 is 2.46 bits per heavy atom. The van der Waals surface area contributed by atoms with E-state index in [1.807, 2.05) is 103 Å². The minimum atomic E-state index is -0.312. The van der Waals surface area contributed by atoms with Crippen molar-refractivity contribution in [3.05, 3.63) is 125 Å². The molecule has 0 saturated heterocycles. The van der Waals surface area contributed by atoms with Gasteiger partial charge in [0.2, 0.25) is 0 Å². The molecule has 0 atom stereocenters. The van der Waals surface area contributed by atoms with Crippen LogP contribution in [0.5, 0.6) is 11.5 Å². The van der Waals surface area contributed by atoms with Crippen molar-refractivity contribution in [2.75, 3.05) is 0 Å². The monoisotopic (exact) mass is 521 g/mol. The topological polar surface area (TPSA) is 63.6 Å². The van der Waals surface area contributed by atoms with Gasteiger partial charge in [-0.25, -0.2) is 10.4 Å². The number of benzene rings is 4. The van der Waals surface area contributed by atoms with Gasteiger partial charge in [0.05, 0.1) is 23.0 Å². The highest BCUT2D eigenvalue weighted by Crippen LogP contribution is 2.27. The van der Waals surface area contributed by atoms with E-state index in [2.05, 4.69) is 26.5 Å². The van der Waals surface area contributed by atoms with E-state index in [9.17, 15) is 4.79 Å². The second kappa shape index (κ2) is 10.3. The lowest BCUT2D eigenvalue weighted by Crippen LogP contribution is -2.18. The zero-order valence-electron chi connectivity index (χ0n) is 18.6. The van der Waals surface area contributed by atoms with Crippen LogP contribution < -0.4 is 10.2 Å². The van der Waals surface area contributed by atoms with Gasteiger partial charge in [-0.1, -0.05) is 76.6 Å². The first-order valence-corrected chi connectivity index (χ1v) is 11.8. The SMILES string of the molecule is O=C(N/N=C/c1cccc(Oc2ccccc2)c1)c1cc(-c2cccc(Br)c2)nc2ccccc12. The molecule has 0 saturated carbocycles. The molecule has 1 heterocycles. The molecule has 6 heteroatoms. The molecule has 0 fully saturated rings. The van der Waals surface area contributed by atoms with Crippen molar-refractivity contribution in [1.29, 1.82) is 0 Å². The number of nitrogens with one attached hydrogen (secondary N) is 1. The number of hydrazone groups is 1. The lowest BCUT2D eigenvalue weighted by atomic mass is 10.0. The van der Waals surface area contributed by atoms with E-state index in [4.69, 9.17) is 9.72 Å². The number of para-hydroxylation sites is 2. The van der Waals surface area contributed by atoms with E-state index < -0.39 is 0 Å². The summed E-state index contributed by atoms with van der Waals surface area (Å²) in [7, 11) is 0. The van der Waals surface area contributed by atoms with Crippen molar-refractivity contribution >= 4 is 39.0 Å². The normalized spacial score (nSPS) is 11.0. The molecule has 0 spiro atoms. The third-order valence-electron chi connectivity index (χ3n) is 5.30. The molecule has 0 aliphatic rings. The molecule has 4 aromatic carbocycles. The fourth-order valence-electron chi connectivity index (χ4n) is 3.67. The summed E-state index contributed by atoms with van der Waals surface area (Å²) in [6.07, 6.45) is 1.59. The second-order valence-corrected chi connectivity index (χ2v) is 8.68. The lowest BCUT2D eigenvalue weighted by Gasteiger charge is -2.09. The van der Waals surface area contributed by atoms with Crippen molar-refractivity contribution in [2.45, 2.75) is 0 Å². The summed E-state index contributed by atoms with van der Waals surface area (Å²) >= 11 is 3.50. The van der Waals surface area contributed by atoms with E-state index in [1.165, 1.54) is 0 Å². The third-order valence-corrected chi connectivity index (χ3v) is 5.79. The molecule has 35 heavy (non-hydrogen) atoms. The van der Waals surface area contributed by atoms with Crippen molar-refractivity contribution in [2.24, 2.45) is 5.10 Å². The molecule has 1 N–H and O–H groups in total. The Bertz CT molecular complexity index is 1530. The smallest absolute Gasteiger partial charge is 0.272 e. The summed E-state index contributed by atoms with van der Waals surface area (Å²) in [5.41, 5.74) is 6.32. The van der Waals surface area contributed by atoms with Gasteiger partial charge < -0.3 is 4.74 Å². The second-order valence-electron chi connectivity index (χ2n) is 7.77. The number of fused-ring (bicyclic) bond motifs is 1. The highest BCUT2D eigenvalue weighted by atomic mass is 79.9. The fraction of sp³-hybridized carbons (Fsp3) is 0.